The number of hydrogen-bond acceptors (Lipinski definition) is 3. The molecule has 1 atom stereocenters. The summed E-state index contributed by atoms with van der Waals surface area (Å²) >= 11 is 0. The first kappa shape index (κ1) is 12.4. The van der Waals surface area contributed by atoms with Crippen LogP contribution >= 0.6 is 0 Å². The molecule has 1 unspecified atom stereocenters. The number of benzene rings is 1. The molecule has 3 nitrogen and oxygen atoms in total. The van der Waals surface area contributed by atoms with E-state index in [1.165, 1.54) is 0 Å². The fourth-order valence-electron chi connectivity index (χ4n) is 2.06. The summed E-state index contributed by atoms with van der Waals surface area (Å²) in [6.45, 7) is 5.68. The highest BCUT2D eigenvalue weighted by Crippen LogP contribution is 2.24. The molecule has 0 bridgehead atoms. The number of rotatable bonds is 3. The smallest absolute Gasteiger partial charge is 0.122 e. The Labute approximate surface area is 103 Å². The molecule has 0 radical (unpaired) electrons. The molecular weight excluding hydrogens is 214 g/mol. The van der Waals surface area contributed by atoms with E-state index >= 15 is 0 Å². The van der Waals surface area contributed by atoms with Gasteiger partial charge in [0.2, 0.25) is 0 Å². The second kappa shape index (κ2) is 5.52. The van der Waals surface area contributed by atoms with Crippen molar-refractivity contribution in [2.45, 2.75) is 38.8 Å². The summed E-state index contributed by atoms with van der Waals surface area (Å²) < 4.78 is 11.3. The first-order chi connectivity index (χ1) is 8.16. The van der Waals surface area contributed by atoms with Gasteiger partial charge in [-0.15, -0.1) is 0 Å². The third-order valence-corrected chi connectivity index (χ3v) is 3.19. The van der Waals surface area contributed by atoms with E-state index in [4.69, 9.17) is 15.2 Å². The number of aryl methyl sites for hydroxylation is 1. The lowest BCUT2D eigenvalue weighted by Gasteiger charge is -2.24. The van der Waals surface area contributed by atoms with Crippen molar-refractivity contribution in [2.24, 2.45) is 5.73 Å². The highest BCUT2D eigenvalue weighted by Gasteiger charge is 2.16. The first-order valence-corrected chi connectivity index (χ1v) is 6.27. The lowest BCUT2D eigenvalue weighted by molar-refractivity contribution is 0.0253. The van der Waals surface area contributed by atoms with Crippen molar-refractivity contribution >= 4 is 0 Å². The van der Waals surface area contributed by atoms with E-state index in [0.717, 1.165) is 42.9 Å². The SMILES string of the molecule is Cc1cc(C(C)N)ccc1OC1CCOCC1. The van der Waals surface area contributed by atoms with Crippen LogP contribution in [0.4, 0.5) is 0 Å². The van der Waals surface area contributed by atoms with Crippen molar-refractivity contribution in [3.63, 3.8) is 0 Å². The van der Waals surface area contributed by atoms with Crippen LogP contribution in [0.15, 0.2) is 18.2 Å². The van der Waals surface area contributed by atoms with Crippen molar-refractivity contribution in [3.05, 3.63) is 29.3 Å². The molecule has 1 heterocycles. The van der Waals surface area contributed by atoms with Gasteiger partial charge in [-0.1, -0.05) is 12.1 Å². The molecule has 0 amide bonds. The molecular formula is C14H21NO2. The Kier molecular flexibility index (Phi) is 4.02. The highest BCUT2D eigenvalue weighted by molar-refractivity contribution is 5.37. The van der Waals surface area contributed by atoms with Crippen LogP contribution in [0.1, 0.15) is 36.9 Å². The molecule has 2 rings (SSSR count). The fraction of sp³-hybridized carbons (Fsp3) is 0.571. The monoisotopic (exact) mass is 235 g/mol. The first-order valence-electron chi connectivity index (χ1n) is 6.27. The molecule has 1 aromatic rings. The topological polar surface area (TPSA) is 44.5 Å². The molecule has 1 aliphatic heterocycles. The van der Waals surface area contributed by atoms with E-state index in [-0.39, 0.29) is 6.04 Å². The Balaban J connectivity index is 2.05. The lowest BCUT2D eigenvalue weighted by Crippen LogP contribution is -2.26. The summed E-state index contributed by atoms with van der Waals surface area (Å²) in [4.78, 5) is 0. The largest absolute Gasteiger partial charge is 0.490 e. The van der Waals surface area contributed by atoms with Gasteiger partial charge in [0.15, 0.2) is 0 Å². The lowest BCUT2D eigenvalue weighted by atomic mass is 10.1. The van der Waals surface area contributed by atoms with Crippen LogP contribution in [0.25, 0.3) is 0 Å². The number of hydrogen-bond donors (Lipinski definition) is 1. The van der Waals surface area contributed by atoms with Crippen LogP contribution in [0.2, 0.25) is 0 Å². The van der Waals surface area contributed by atoms with Crippen molar-refractivity contribution in [1.82, 2.24) is 0 Å². The normalized spacial score (nSPS) is 19.0. The molecule has 0 aromatic heterocycles. The average Bonchev–Trinajstić information content (AvgIpc) is 2.33. The molecule has 1 fully saturated rings. The molecule has 94 valence electrons. The minimum atomic E-state index is 0.0748. The fourth-order valence-corrected chi connectivity index (χ4v) is 2.06. The molecule has 1 aromatic carbocycles. The summed E-state index contributed by atoms with van der Waals surface area (Å²) in [6, 6.07) is 6.26. The molecule has 0 aliphatic carbocycles. The zero-order chi connectivity index (χ0) is 12.3. The summed E-state index contributed by atoms with van der Waals surface area (Å²) in [6.07, 6.45) is 2.26. The van der Waals surface area contributed by atoms with Gasteiger partial charge in [0.05, 0.1) is 13.2 Å². The van der Waals surface area contributed by atoms with Gasteiger partial charge in [0.25, 0.3) is 0 Å². The van der Waals surface area contributed by atoms with Gasteiger partial charge < -0.3 is 15.2 Å². The summed E-state index contributed by atoms with van der Waals surface area (Å²) in [7, 11) is 0. The van der Waals surface area contributed by atoms with Crippen molar-refractivity contribution < 1.29 is 9.47 Å². The van der Waals surface area contributed by atoms with E-state index in [9.17, 15) is 0 Å². The zero-order valence-electron chi connectivity index (χ0n) is 10.6. The van der Waals surface area contributed by atoms with Gasteiger partial charge in [-0.3, -0.25) is 0 Å². The van der Waals surface area contributed by atoms with E-state index in [0.29, 0.717) is 6.10 Å². The second-order valence-electron chi connectivity index (χ2n) is 4.74. The van der Waals surface area contributed by atoms with Crippen LogP contribution in [-0.4, -0.2) is 19.3 Å². The second-order valence-corrected chi connectivity index (χ2v) is 4.74. The maximum Gasteiger partial charge on any atom is 0.122 e. The molecule has 2 N–H and O–H groups in total. The molecule has 0 saturated carbocycles. The average molecular weight is 235 g/mol. The zero-order valence-corrected chi connectivity index (χ0v) is 10.6. The minimum Gasteiger partial charge on any atom is -0.490 e. The van der Waals surface area contributed by atoms with Crippen LogP contribution in [0, 0.1) is 6.92 Å². The predicted octanol–water partition coefficient (Wildman–Crippen LogP) is 2.57. The predicted molar refractivity (Wildman–Crippen MR) is 68.3 cm³/mol. The molecule has 3 heteroatoms. The van der Waals surface area contributed by atoms with Gasteiger partial charge in [0, 0.05) is 18.9 Å². The van der Waals surface area contributed by atoms with Crippen molar-refractivity contribution in [1.29, 1.82) is 0 Å². The van der Waals surface area contributed by atoms with Gasteiger partial charge in [-0.25, -0.2) is 0 Å². The van der Waals surface area contributed by atoms with Crippen LogP contribution < -0.4 is 10.5 Å². The van der Waals surface area contributed by atoms with Gasteiger partial charge in [0.1, 0.15) is 11.9 Å². The van der Waals surface area contributed by atoms with E-state index in [1.807, 2.05) is 19.1 Å². The van der Waals surface area contributed by atoms with Gasteiger partial charge in [-0.2, -0.15) is 0 Å². The van der Waals surface area contributed by atoms with Crippen LogP contribution in [0.3, 0.4) is 0 Å². The minimum absolute atomic E-state index is 0.0748. The highest BCUT2D eigenvalue weighted by atomic mass is 16.5. The molecule has 17 heavy (non-hydrogen) atoms. The maximum atomic E-state index is 6.00. The summed E-state index contributed by atoms with van der Waals surface area (Å²) in [5.41, 5.74) is 8.17. The third-order valence-electron chi connectivity index (χ3n) is 3.19. The standard InChI is InChI=1S/C14H21NO2/c1-10-9-12(11(2)15)3-4-14(10)17-13-5-7-16-8-6-13/h3-4,9,11,13H,5-8,15H2,1-2H3. The Hall–Kier alpha value is -1.06. The van der Waals surface area contributed by atoms with E-state index in [1.54, 1.807) is 0 Å². The van der Waals surface area contributed by atoms with Crippen LogP contribution in [-0.2, 0) is 4.74 Å². The Bertz CT molecular complexity index is 370. The Morgan fingerprint density at radius 3 is 2.65 bits per heavy atom. The maximum absolute atomic E-state index is 6.00. The summed E-state index contributed by atoms with van der Waals surface area (Å²) in [5.74, 6) is 0.973. The quantitative estimate of drug-likeness (QED) is 0.875. The van der Waals surface area contributed by atoms with Crippen molar-refractivity contribution in [3.8, 4) is 5.75 Å². The number of ether oxygens (including phenoxy) is 2. The van der Waals surface area contributed by atoms with Crippen LogP contribution in [0.5, 0.6) is 5.75 Å². The third kappa shape index (κ3) is 3.20. The number of nitrogens with two attached hydrogens (primary N) is 1. The van der Waals surface area contributed by atoms with Gasteiger partial charge >= 0.3 is 0 Å². The van der Waals surface area contributed by atoms with Crippen molar-refractivity contribution in [2.75, 3.05) is 13.2 Å². The van der Waals surface area contributed by atoms with E-state index < -0.39 is 0 Å². The van der Waals surface area contributed by atoms with Gasteiger partial charge in [-0.05, 0) is 31.0 Å². The Morgan fingerprint density at radius 1 is 1.35 bits per heavy atom. The molecule has 1 saturated heterocycles. The van der Waals surface area contributed by atoms with E-state index in [2.05, 4.69) is 13.0 Å². The molecule has 0 spiro atoms. The molecule has 1 aliphatic rings. The summed E-state index contributed by atoms with van der Waals surface area (Å²) in [5, 5.41) is 0. The Morgan fingerprint density at radius 2 is 2.06 bits per heavy atom.